The third-order valence-electron chi connectivity index (χ3n) is 10.3. The van der Waals surface area contributed by atoms with E-state index in [1.807, 2.05) is 42.5 Å². The van der Waals surface area contributed by atoms with Crippen molar-refractivity contribution < 1.29 is 0 Å². The van der Waals surface area contributed by atoms with E-state index >= 15 is 0 Å². The van der Waals surface area contributed by atoms with Gasteiger partial charge in [-0.15, -0.1) is 0 Å². The standard InChI is InChI=1S/C47H32N4/c48-40(30-12-3-1-4-13-30)29-41(49)32-14-11-17-34(28-32)50-43-21-10-8-19-39(43)46-37-24-22-31-23-25-38-35-18-7-9-20-42(35)51(33-15-5-2-6-16-33)47(38)45(31)36(37)26-27-44(46)50/h1-29,48H,49H2/b41-29-,48-40?. The van der Waals surface area contributed by atoms with Crippen LogP contribution in [-0.4, -0.2) is 14.8 Å². The van der Waals surface area contributed by atoms with Crippen LogP contribution in [0.1, 0.15) is 11.1 Å². The number of aromatic nitrogens is 2. The van der Waals surface area contributed by atoms with Gasteiger partial charge in [-0.2, -0.15) is 0 Å². The summed E-state index contributed by atoms with van der Waals surface area (Å²) in [5, 5.41) is 18.5. The second kappa shape index (κ2) is 11.3. The van der Waals surface area contributed by atoms with Crippen LogP contribution in [0.15, 0.2) is 176 Å². The molecule has 3 N–H and O–H groups in total. The molecule has 0 aliphatic carbocycles. The van der Waals surface area contributed by atoms with Gasteiger partial charge in [0.15, 0.2) is 0 Å². The summed E-state index contributed by atoms with van der Waals surface area (Å²) >= 11 is 0. The van der Waals surface area contributed by atoms with Crippen LogP contribution in [0.3, 0.4) is 0 Å². The van der Waals surface area contributed by atoms with Crippen molar-refractivity contribution >= 4 is 76.6 Å². The summed E-state index contributed by atoms with van der Waals surface area (Å²) in [4.78, 5) is 0. The fraction of sp³-hybridized carbons (Fsp3) is 0. The zero-order valence-corrected chi connectivity index (χ0v) is 27.7. The maximum absolute atomic E-state index is 8.63. The van der Waals surface area contributed by atoms with E-state index in [-0.39, 0.29) is 0 Å². The molecule has 0 amide bonds. The van der Waals surface area contributed by atoms with E-state index in [0.717, 1.165) is 33.5 Å². The van der Waals surface area contributed by atoms with Crippen LogP contribution in [0.4, 0.5) is 0 Å². The van der Waals surface area contributed by atoms with E-state index in [4.69, 9.17) is 11.1 Å². The molecule has 0 bridgehead atoms. The van der Waals surface area contributed by atoms with E-state index in [1.54, 1.807) is 6.08 Å². The summed E-state index contributed by atoms with van der Waals surface area (Å²) in [6.45, 7) is 0. The molecule has 0 unspecified atom stereocenters. The maximum Gasteiger partial charge on any atom is 0.0632 e. The van der Waals surface area contributed by atoms with Crippen molar-refractivity contribution in [3.8, 4) is 11.4 Å². The van der Waals surface area contributed by atoms with E-state index in [1.165, 1.54) is 54.1 Å². The van der Waals surface area contributed by atoms with Gasteiger partial charge in [0.2, 0.25) is 0 Å². The molecule has 4 heteroatoms. The maximum atomic E-state index is 8.63. The van der Waals surface area contributed by atoms with E-state index in [9.17, 15) is 0 Å². The summed E-state index contributed by atoms with van der Waals surface area (Å²) in [6.07, 6.45) is 1.74. The Balaban J connectivity index is 1.24. The zero-order valence-electron chi connectivity index (χ0n) is 27.7. The van der Waals surface area contributed by atoms with Crippen molar-refractivity contribution in [2.24, 2.45) is 5.73 Å². The highest BCUT2D eigenvalue weighted by Crippen LogP contribution is 2.43. The summed E-state index contributed by atoms with van der Waals surface area (Å²) in [6, 6.07) is 59.8. The van der Waals surface area contributed by atoms with Gasteiger partial charge in [-0.3, -0.25) is 0 Å². The molecule has 240 valence electrons. The van der Waals surface area contributed by atoms with Crippen molar-refractivity contribution in [1.29, 1.82) is 5.41 Å². The molecule has 2 aromatic heterocycles. The lowest BCUT2D eigenvalue weighted by Gasteiger charge is -2.13. The van der Waals surface area contributed by atoms with Crippen molar-refractivity contribution in [1.82, 2.24) is 9.13 Å². The van der Waals surface area contributed by atoms with Gasteiger partial charge in [0.05, 0.1) is 27.8 Å². The third kappa shape index (κ3) is 4.43. The minimum absolute atomic E-state index is 0.384. The van der Waals surface area contributed by atoms with Crippen LogP contribution in [-0.2, 0) is 0 Å². The lowest BCUT2D eigenvalue weighted by molar-refractivity contribution is 1.18. The number of nitrogens with zero attached hydrogens (tertiary/aromatic N) is 2. The Morgan fingerprint density at radius 1 is 0.451 bits per heavy atom. The molecule has 0 saturated heterocycles. The molecule has 4 nitrogen and oxygen atoms in total. The Labute approximate surface area is 294 Å². The summed E-state index contributed by atoms with van der Waals surface area (Å²) < 4.78 is 4.77. The number of fused-ring (bicyclic) bond motifs is 11. The summed E-state index contributed by atoms with van der Waals surface area (Å²) in [5.74, 6) is 0. The molecule has 51 heavy (non-hydrogen) atoms. The fourth-order valence-electron chi connectivity index (χ4n) is 8.03. The highest BCUT2D eigenvalue weighted by atomic mass is 15.0. The minimum atomic E-state index is 0.384. The number of benzene rings is 8. The lowest BCUT2D eigenvalue weighted by Crippen LogP contribution is -2.03. The van der Waals surface area contributed by atoms with Gasteiger partial charge < -0.3 is 20.3 Å². The normalized spacial score (nSPS) is 12.2. The molecule has 0 spiro atoms. The second-order valence-electron chi connectivity index (χ2n) is 13.2. The average Bonchev–Trinajstić information content (AvgIpc) is 3.72. The fourth-order valence-corrected chi connectivity index (χ4v) is 8.03. The first-order valence-electron chi connectivity index (χ1n) is 17.2. The molecule has 0 radical (unpaired) electrons. The molecule has 0 aliphatic rings. The first-order valence-corrected chi connectivity index (χ1v) is 17.2. The Bertz CT molecular complexity index is 3040. The summed E-state index contributed by atoms with van der Waals surface area (Å²) in [5.41, 5.74) is 16.2. The monoisotopic (exact) mass is 652 g/mol. The number of allylic oxidation sites excluding steroid dienone is 1. The number of para-hydroxylation sites is 3. The largest absolute Gasteiger partial charge is 0.398 e. The van der Waals surface area contributed by atoms with Gasteiger partial charge in [-0.1, -0.05) is 127 Å². The van der Waals surface area contributed by atoms with Crippen molar-refractivity contribution in [2.45, 2.75) is 0 Å². The Hall–Kier alpha value is -6.91. The van der Waals surface area contributed by atoms with Gasteiger partial charge in [-0.25, -0.2) is 0 Å². The Kier molecular flexibility index (Phi) is 6.45. The van der Waals surface area contributed by atoms with Gasteiger partial charge in [0.25, 0.3) is 0 Å². The highest BCUT2D eigenvalue weighted by Gasteiger charge is 2.20. The van der Waals surface area contributed by atoms with E-state index in [0.29, 0.717) is 11.4 Å². The molecule has 10 aromatic rings. The van der Waals surface area contributed by atoms with Crippen LogP contribution in [0.2, 0.25) is 0 Å². The molecule has 0 aliphatic heterocycles. The number of nitrogens with one attached hydrogen (secondary N) is 1. The quantitative estimate of drug-likeness (QED) is 0.141. The van der Waals surface area contributed by atoms with Gasteiger partial charge in [0, 0.05) is 44.0 Å². The van der Waals surface area contributed by atoms with Crippen molar-refractivity contribution in [3.05, 3.63) is 187 Å². The number of hydrogen-bond donors (Lipinski definition) is 2. The van der Waals surface area contributed by atoms with Crippen molar-refractivity contribution in [2.75, 3.05) is 0 Å². The van der Waals surface area contributed by atoms with Gasteiger partial charge >= 0.3 is 0 Å². The second-order valence-corrected chi connectivity index (χ2v) is 13.2. The lowest BCUT2D eigenvalue weighted by atomic mass is 9.96. The first kappa shape index (κ1) is 29.0. The molecule has 2 heterocycles. The van der Waals surface area contributed by atoms with Crippen LogP contribution in [0.25, 0.3) is 82.2 Å². The van der Waals surface area contributed by atoms with Crippen LogP contribution < -0.4 is 5.73 Å². The first-order chi connectivity index (χ1) is 25.2. The Morgan fingerprint density at radius 2 is 1.04 bits per heavy atom. The third-order valence-corrected chi connectivity index (χ3v) is 10.3. The molecule has 0 fully saturated rings. The van der Waals surface area contributed by atoms with Gasteiger partial charge in [0.1, 0.15) is 0 Å². The summed E-state index contributed by atoms with van der Waals surface area (Å²) in [7, 11) is 0. The van der Waals surface area contributed by atoms with Crippen LogP contribution >= 0.6 is 0 Å². The van der Waals surface area contributed by atoms with Crippen LogP contribution in [0, 0.1) is 5.41 Å². The highest BCUT2D eigenvalue weighted by molar-refractivity contribution is 6.31. The molecular weight excluding hydrogens is 621 g/mol. The minimum Gasteiger partial charge on any atom is -0.398 e. The number of hydrogen-bond acceptors (Lipinski definition) is 2. The van der Waals surface area contributed by atoms with Crippen LogP contribution in [0.5, 0.6) is 0 Å². The SMILES string of the molecule is N=C(/C=C(\N)c1cccc(-n2c3ccccc3c3c4ccc5ccc6c7ccccc7n(-c7ccccc7)c6c5c4ccc32)c1)c1ccccc1. The zero-order chi connectivity index (χ0) is 34.1. The number of rotatable bonds is 5. The van der Waals surface area contributed by atoms with Gasteiger partial charge in [-0.05, 0) is 75.8 Å². The predicted molar refractivity (Wildman–Crippen MR) is 216 cm³/mol. The number of nitrogens with two attached hydrogens (primary N) is 1. The molecule has 0 saturated carbocycles. The molecule has 0 atom stereocenters. The molecular formula is C47H32N4. The topological polar surface area (TPSA) is 59.7 Å². The van der Waals surface area contributed by atoms with E-state index < -0.39 is 0 Å². The average molecular weight is 653 g/mol. The molecule has 10 rings (SSSR count). The van der Waals surface area contributed by atoms with Crippen molar-refractivity contribution in [3.63, 3.8) is 0 Å². The predicted octanol–water partition coefficient (Wildman–Crippen LogP) is 11.6. The smallest absolute Gasteiger partial charge is 0.0632 e. The Morgan fingerprint density at radius 3 is 1.82 bits per heavy atom. The molecule has 8 aromatic carbocycles. The van der Waals surface area contributed by atoms with E-state index in [2.05, 4.69) is 137 Å².